The van der Waals surface area contributed by atoms with Gasteiger partial charge < -0.3 is 9.47 Å². The number of nitrogens with zero attached hydrogens (tertiary/aromatic N) is 1. The Bertz CT molecular complexity index is 934. The van der Waals surface area contributed by atoms with E-state index in [-0.39, 0.29) is 5.75 Å². The van der Waals surface area contributed by atoms with Gasteiger partial charge in [0.15, 0.2) is 0 Å². The molecule has 0 saturated carbocycles. The van der Waals surface area contributed by atoms with Gasteiger partial charge in [0.2, 0.25) is 0 Å². The summed E-state index contributed by atoms with van der Waals surface area (Å²) in [4.78, 5) is 4.64. The van der Waals surface area contributed by atoms with Crippen LogP contribution in [-0.4, -0.2) is 11.3 Å². The number of fused-ring (bicyclic) bond motifs is 1. The summed E-state index contributed by atoms with van der Waals surface area (Å²) in [6.45, 7) is 5.90. The van der Waals surface area contributed by atoms with Crippen LogP contribution in [-0.2, 0) is 6.42 Å². The van der Waals surface area contributed by atoms with Crippen molar-refractivity contribution in [1.82, 2.24) is 4.98 Å². The fourth-order valence-corrected chi connectivity index (χ4v) is 2.66. The molecular weight excluding hydrogens is 343 g/mol. The Hall–Kier alpha value is -2.76. The number of hydrogen-bond acceptors (Lipinski definition) is 3. The van der Waals surface area contributed by atoms with Crippen molar-refractivity contribution in [3.63, 3.8) is 0 Å². The monoisotopic (exact) mass is 360 g/mol. The van der Waals surface area contributed by atoms with Gasteiger partial charge in [-0.2, -0.15) is 0 Å². The molecule has 3 nitrogen and oxygen atoms in total. The summed E-state index contributed by atoms with van der Waals surface area (Å²) in [6, 6.07) is 12.3. The normalized spacial score (nSPS) is 11.6. The quantitative estimate of drug-likeness (QED) is 0.580. The molecule has 1 aromatic heterocycles. The fraction of sp³-hybridized carbons (Fsp3) is 0.250. The number of halogens is 3. The average Bonchev–Trinajstić information content (AvgIpc) is 2.56. The van der Waals surface area contributed by atoms with Crippen LogP contribution in [0, 0.1) is 19.9 Å². The van der Waals surface area contributed by atoms with Crippen LogP contribution in [0.3, 0.4) is 0 Å². The van der Waals surface area contributed by atoms with Gasteiger partial charge in [-0.05, 0) is 73.9 Å². The van der Waals surface area contributed by atoms with E-state index in [1.54, 1.807) is 0 Å². The SMILES string of the molecule is CCc1nc2cc(C)c(Oc3ccc(OC(F)(F)F)cc3)cc2[c]c1C. The van der Waals surface area contributed by atoms with Gasteiger partial charge in [-0.3, -0.25) is 4.98 Å². The van der Waals surface area contributed by atoms with Crippen LogP contribution in [0.25, 0.3) is 10.9 Å². The molecule has 6 heteroatoms. The lowest BCUT2D eigenvalue weighted by Crippen LogP contribution is -2.16. The Kier molecular flexibility index (Phi) is 4.76. The van der Waals surface area contributed by atoms with Crippen molar-refractivity contribution in [3.05, 3.63) is 59.3 Å². The van der Waals surface area contributed by atoms with Gasteiger partial charge in [0.25, 0.3) is 0 Å². The van der Waals surface area contributed by atoms with E-state index >= 15 is 0 Å². The summed E-state index contributed by atoms with van der Waals surface area (Å²) in [5, 5.41) is 0.831. The van der Waals surface area contributed by atoms with E-state index in [1.165, 1.54) is 24.3 Å². The molecule has 0 N–H and O–H groups in total. The minimum absolute atomic E-state index is 0.291. The van der Waals surface area contributed by atoms with E-state index in [9.17, 15) is 13.2 Å². The lowest BCUT2D eigenvalue weighted by Gasteiger charge is -2.12. The van der Waals surface area contributed by atoms with Gasteiger partial charge in [-0.25, -0.2) is 0 Å². The van der Waals surface area contributed by atoms with Crippen LogP contribution in [0.4, 0.5) is 13.2 Å². The predicted molar refractivity (Wildman–Crippen MR) is 92.6 cm³/mol. The van der Waals surface area contributed by atoms with E-state index in [0.29, 0.717) is 11.5 Å². The minimum Gasteiger partial charge on any atom is -0.457 e. The zero-order valence-corrected chi connectivity index (χ0v) is 14.6. The molecule has 3 aromatic rings. The second-order valence-corrected chi connectivity index (χ2v) is 5.92. The van der Waals surface area contributed by atoms with Crippen molar-refractivity contribution in [2.75, 3.05) is 0 Å². The van der Waals surface area contributed by atoms with Crippen molar-refractivity contribution in [1.29, 1.82) is 0 Å². The molecule has 0 amide bonds. The molecule has 0 fully saturated rings. The van der Waals surface area contributed by atoms with E-state index in [2.05, 4.69) is 15.8 Å². The first-order chi connectivity index (χ1) is 12.2. The number of hydrogen-bond donors (Lipinski definition) is 0. The lowest BCUT2D eigenvalue weighted by atomic mass is 10.1. The van der Waals surface area contributed by atoms with Crippen molar-refractivity contribution in [3.8, 4) is 17.2 Å². The highest BCUT2D eigenvalue weighted by atomic mass is 19.4. The molecule has 0 atom stereocenters. The van der Waals surface area contributed by atoms with Gasteiger partial charge in [-0.15, -0.1) is 13.2 Å². The smallest absolute Gasteiger partial charge is 0.457 e. The summed E-state index contributed by atoms with van der Waals surface area (Å²) in [5.74, 6) is 0.723. The van der Waals surface area contributed by atoms with Crippen molar-refractivity contribution in [2.24, 2.45) is 0 Å². The standard InChI is InChI=1S/C20H17F3NO2/c1-4-17-12(2)9-14-11-19(13(3)10-18(14)24-17)25-15-5-7-16(8-6-15)26-20(21,22)23/h5-8,10-11H,4H2,1-3H3. The molecular formula is C20H17F3NO2. The average molecular weight is 360 g/mol. The Morgan fingerprint density at radius 2 is 1.69 bits per heavy atom. The molecule has 0 aliphatic carbocycles. The van der Waals surface area contributed by atoms with Gasteiger partial charge in [0.05, 0.1) is 5.52 Å². The van der Waals surface area contributed by atoms with Gasteiger partial charge in [0, 0.05) is 11.1 Å². The molecule has 0 unspecified atom stereocenters. The number of pyridine rings is 1. The van der Waals surface area contributed by atoms with Crippen LogP contribution in [0.15, 0.2) is 36.4 Å². The molecule has 1 heterocycles. The second-order valence-electron chi connectivity index (χ2n) is 5.92. The Balaban J connectivity index is 1.87. The van der Waals surface area contributed by atoms with E-state index in [1.807, 2.05) is 32.9 Å². The highest BCUT2D eigenvalue weighted by Crippen LogP contribution is 2.31. The molecule has 0 aliphatic heterocycles. The molecule has 0 aliphatic rings. The van der Waals surface area contributed by atoms with Crippen molar-refractivity contribution in [2.45, 2.75) is 33.6 Å². The van der Waals surface area contributed by atoms with Gasteiger partial charge >= 0.3 is 6.36 Å². The first-order valence-corrected chi connectivity index (χ1v) is 8.12. The van der Waals surface area contributed by atoms with Crippen LogP contribution in [0.5, 0.6) is 17.2 Å². The van der Waals surface area contributed by atoms with Gasteiger partial charge in [-0.1, -0.05) is 6.92 Å². The summed E-state index contributed by atoms with van der Waals surface area (Å²) < 4.78 is 46.3. The molecule has 26 heavy (non-hydrogen) atoms. The second kappa shape index (κ2) is 6.86. The number of ether oxygens (including phenoxy) is 2. The molecule has 0 saturated heterocycles. The van der Waals surface area contributed by atoms with Crippen LogP contribution in [0.1, 0.15) is 23.7 Å². The van der Waals surface area contributed by atoms with Gasteiger partial charge in [0.1, 0.15) is 17.2 Å². The summed E-state index contributed by atoms with van der Waals surface area (Å²) >= 11 is 0. The Morgan fingerprint density at radius 1 is 1.04 bits per heavy atom. The third kappa shape index (κ3) is 4.07. The molecule has 2 aromatic carbocycles. The number of alkyl halides is 3. The fourth-order valence-electron chi connectivity index (χ4n) is 2.66. The first-order valence-electron chi connectivity index (χ1n) is 8.12. The predicted octanol–water partition coefficient (Wildman–Crippen LogP) is 5.91. The number of benzene rings is 2. The van der Waals surface area contributed by atoms with Crippen LogP contribution in [0.2, 0.25) is 0 Å². The Morgan fingerprint density at radius 3 is 2.31 bits per heavy atom. The molecule has 0 spiro atoms. The maximum Gasteiger partial charge on any atom is 0.573 e. The lowest BCUT2D eigenvalue weighted by molar-refractivity contribution is -0.274. The molecule has 1 radical (unpaired) electrons. The van der Waals surface area contributed by atoms with E-state index in [0.717, 1.165) is 34.1 Å². The molecule has 0 bridgehead atoms. The largest absolute Gasteiger partial charge is 0.573 e. The molecule has 135 valence electrons. The summed E-state index contributed by atoms with van der Waals surface area (Å²) in [6.07, 6.45) is -3.88. The Labute approximate surface area is 149 Å². The van der Waals surface area contributed by atoms with Crippen molar-refractivity contribution < 1.29 is 22.6 Å². The zero-order valence-electron chi connectivity index (χ0n) is 14.6. The van der Waals surface area contributed by atoms with E-state index in [4.69, 9.17) is 4.74 Å². The summed E-state index contributed by atoms with van der Waals surface area (Å²) in [7, 11) is 0. The molecule has 3 rings (SSSR count). The third-order valence-corrected chi connectivity index (χ3v) is 3.92. The van der Waals surface area contributed by atoms with Crippen LogP contribution >= 0.6 is 0 Å². The maximum absolute atomic E-state index is 12.2. The van der Waals surface area contributed by atoms with Crippen LogP contribution < -0.4 is 9.47 Å². The van der Waals surface area contributed by atoms with Crippen molar-refractivity contribution >= 4 is 10.9 Å². The third-order valence-electron chi connectivity index (χ3n) is 3.92. The number of aromatic nitrogens is 1. The number of rotatable bonds is 4. The zero-order chi connectivity index (χ0) is 18.9. The van der Waals surface area contributed by atoms with E-state index < -0.39 is 6.36 Å². The minimum atomic E-state index is -4.71. The first kappa shape index (κ1) is 18.0. The highest BCUT2D eigenvalue weighted by Gasteiger charge is 2.31. The maximum atomic E-state index is 12.2. The topological polar surface area (TPSA) is 31.4 Å². The highest BCUT2D eigenvalue weighted by molar-refractivity contribution is 5.81. The number of aryl methyl sites for hydroxylation is 3. The summed E-state index contributed by atoms with van der Waals surface area (Å²) in [5.41, 5.74) is 3.71.